The number of nitrogens with zero attached hydrogens (tertiary/aromatic N) is 1. The lowest BCUT2D eigenvalue weighted by Crippen LogP contribution is -2.46. The molecular weight excluding hydrogens is 311 g/mol. The molecule has 2 atom stereocenters. The van der Waals surface area contributed by atoms with Gasteiger partial charge < -0.3 is 14.4 Å². The van der Waals surface area contributed by atoms with Gasteiger partial charge in [0.2, 0.25) is 0 Å². The van der Waals surface area contributed by atoms with Gasteiger partial charge in [0.1, 0.15) is 19.0 Å². The van der Waals surface area contributed by atoms with Crippen LogP contribution < -0.4 is 4.90 Å². The second-order valence-electron chi connectivity index (χ2n) is 5.49. The fraction of sp³-hybridized carbons (Fsp3) is 0.562. The molecule has 0 saturated carbocycles. The number of ether oxygens (including phenoxy) is 2. The molecule has 1 heterocycles. The predicted octanol–water partition coefficient (Wildman–Crippen LogP) is 2.93. The van der Waals surface area contributed by atoms with Crippen molar-refractivity contribution in [2.45, 2.75) is 38.8 Å². The van der Waals surface area contributed by atoms with Gasteiger partial charge in [-0.1, -0.05) is 6.07 Å². The maximum absolute atomic E-state index is 13.8. The fourth-order valence-electron chi connectivity index (χ4n) is 2.72. The molecule has 1 saturated heterocycles. The first-order chi connectivity index (χ1) is 10.9. The van der Waals surface area contributed by atoms with Crippen molar-refractivity contribution < 1.29 is 27.4 Å². The van der Waals surface area contributed by atoms with Gasteiger partial charge in [-0.3, -0.25) is 4.79 Å². The number of carbonyl (C=O) groups is 1. The summed E-state index contributed by atoms with van der Waals surface area (Å²) in [4.78, 5) is 13.9. The Bertz CT molecular complexity index is 553. The van der Waals surface area contributed by atoms with E-state index in [4.69, 9.17) is 9.47 Å². The van der Waals surface area contributed by atoms with Gasteiger partial charge in [0.05, 0.1) is 12.1 Å². The average molecular weight is 331 g/mol. The molecule has 1 amide bonds. The molecule has 7 heteroatoms. The third-order valence-electron chi connectivity index (χ3n) is 3.90. The molecule has 0 aliphatic carbocycles. The van der Waals surface area contributed by atoms with Gasteiger partial charge in [0.25, 0.3) is 12.3 Å². The van der Waals surface area contributed by atoms with Crippen LogP contribution in [0.3, 0.4) is 0 Å². The first-order valence-electron chi connectivity index (χ1n) is 7.46. The van der Waals surface area contributed by atoms with E-state index < -0.39 is 31.4 Å². The highest BCUT2D eigenvalue weighted by molar-refractivity contribution is 5.95. The van der Waals surface area contributed by atoms with Gasteiger partial charge in [-0.25, -0.2) is 13.2 Å². The summed E-state index contributed by atoms with van der Waals surface area (Å²) in [7, 11) is 0. The van der Waals surface area contributed by atoms with E-state index in [2.05, 4.69) is 0 Å². The van der Waals surface area contributed by atoms with E-state index in [-0.39, 0.29) is 12.1 Å². The molecule has 0 bridgehead atoms. The molecule has 0 spiro atoms. The molecule has 0 N–H and O–H groups in total. The van der Waals surface area contributed by atoms with Crippen molar-refractivity contribution in [1.82, 2.24) is 0 Å². The zero-order chi connectivity index (χ0) is 17.0. The highest BCUT2D eigenvalue weighted by Crippen LogP contribution is 2.29. The van der Waals surface area contributed by atoms with Crippen LogP contribution in [-0.2, 0) is 14.3 Å². The van der Waals surface area contributed by atoms with E-state index in [0.717, 1.165) is 0 Å². The average Bonchev–Trinajstić information content (AvgIpc) is 2.89. The minimum absolute atomic E-state index is 0.225. The molecular formula is C16H20F3NO3. The van der Waals surface area contributed by atoms with E-state index in [9.17, 15) is 18.0 Å². The van der Waals surface area contributed by atoms with Crippen LogP contribution in [-0.4, -0.2) is 44.3 Å². The largest absolute Gasteiger partial charge is 0.376 e. The number of hydrogen-bond acceptors (Lipinski definition) is 3. The van der Waals surface area contributed by atoms with Gasteiger partial charge in [-0.05, 0) is 32.4 Å². The number of halogens is 3. The molecule has 1 aromatic carbocycles. The van der Waals surface area contributed by atoms with Crippen molar-refractivity contribution >= 4 is 11.6 Å². The predicted molar refractivity (Wildman–Crippen MR) is 79.3 cm³/mol. The van der Waals surface area contributed by atoms with Crippen molar-refractivity contribution in [3.8, 4) is 0 Å². The standard InChI is InChI=1S/C16H20F3NO3/c1-10-12(17)4-3-5-13(10)20(14-6-7-23-11(14)2)16(21)9-22-8-15(18)19/h3-5,11,14-15H,6-9H2,1-2H3. The number of anilines is 1. The van der Waals surface area contributed by atoms with Crippen molar-refractivity contribution in [3.05, 3.63) is 29.6 Å². The molecule has 4 nitrogen and oxygen atoms in total. The van der Waals surface area contributed by atoms with Gasteiger partial charge in [0.15, 0.2) is 0 Å². The van der Waals surface area contributed by atoms with Gasteiger partial charge in [0, 0.05) is 17.9 Å². The first kappa shape index (κ1) is 17.7. The Morgan fingerprint density at radius 1 is 1.48 bits per heavy atom. The molecule has 1 aromatic rings. The van der Waals surface area contributed by atoms with Gasteiger partial charge in [-0.15, -0.1) is 0 Å². The molecule has 0 aromatic heterocycles. The Morgan fingerprint density at radius 3 is 2.83 bits per heavy atom. The van der Waals surface area contributed by atoms with Crippen LogP contribution >= 0.6 is 0 Å². The summed E-state index contributed by atoms with van der Waals surface area (Å²) >= 11 is 0. The summed E-state index contributed by atoms with van der Waals surface area (Å²) in [6, 6.07) is 4.18. The number of alkyl halides is 2. The molecule has 1 aliphatic heterocycles. The van der Waals surface area contributed by atoms with Crippen molar-refractivity contribution in [2.24, 2.45) is 0 Å². The molecule has 23 heavy (non-hydrogen) atoms. The zero-order valence-electron chi connectivity index (χ0n) is 13.1. The summed E-state index contributed by atoms with van der Waals surface area (Å²) in [5.74, 6) is -0.915. The minimum atomic E-state index is -2.64. The lowest BCUT2D eigenvalue weighted by atomic mass is 10.1. The smallest absolute Gasteiger partial charge is 0.261 e. The molecule has 128 valence electrons. The second kappa shape index (κ2) is 7.79. The van der Waals surface area contributed by atoms with E-state index >= 15 is 0 Å². The van der Waals surface area contributed by atoms with Gasteiger partial charge in [-0.2, -0.15) is 0 Å². The van der Waals surface area contributed by atoms with E-state index in [0.29, 0.717) is 24.3 Å². The summed E-state index contributed by atoms with van der Waals surface area (Å²) in [5.41, 5.74) is 0.742. The van der Waals surface area contributed by atoms with Crippen LogP contribution in [0.25, 0.3) is 0 Å². The summed E-state index contributed by atoms with van der Waals surface area (Å²) in [6.07, 6.45) is -2.27. The fourth-order valence-corrected chi connectivity index (χ4v) is 2.72. The highest BCUT2D eigenvalue weighted by Gasteiger charge is 2.35. The van der Waals surface area contributed by atoms with E-state index in [1.807, 2.05) is 6.92 Å². The number of benzene rings is 1. The number of hydrogen-bond donors (Lipinski definition) is 0. The normalized spacial score (nSPS) is 21.0. The highest BCUT2D eigenvalue weighted by atomic mass is 19.3. The first-order valence-corrected chi connectivity index (χ1v) is 7.46. The maximum atomic E-state index is 13.8. The number of amides is 1. The van der Waals surface area contributed by atoms with Crippen LogP contribution in [0.15, 0.2) is 18.2 Å². The zero-order valence-corrected chi connectivity index (χ0v) is 13.1. The Hall–Kier alpha value is -1.60. The molecule has 1 fully saturated rings. The third-order valence-corrected chi connectivity index (χ3v) is 3.90. The number of rotatable bonds is 6. The topological polar surface area (TPSA) is 38.8 Å². The van der Waals surface area contributed by atoms with Crippen LogP contribution in [0.1, 0.15) is 18.9 Å². The van der Waals surface area contributed by atoms with Crippen LogP contribution in [0.2, 0.25) is 0 Å². The third kappa shape index (κ3) is 4.23. The Balaban J connectivity index is 2.25. The van der Waals surface area contributed by atoms with Crippen molar-refractivity contribution in [2.75, 3.05) is 24.7 Å². The SMILES string of the molecule is Cc1c(F)cccc1N(C(=O)COCC(F)F)C1CCOC1C. The second-order valence-corrected chi connectivity index (χ2v) is 5.49. The summed E-state index contributed by atoms with van der Waals surface area (Å²) in [6.45, 7) is 2.60. The van der Waals surface area contributed by atoms with Crippen LogP contribution in [0.5, 0.6) is 0 Å². The lowest BCUT2D eigenvalue weighted by molar-refractivity contribution is -0.125. The minimum Gasteiger partial charge on any atom is -0.376 e. The van der Waals surface area contributed by atoms with E-state index in [1.54, 1.807) is 13.0 Å². The molecule has 1 aliphatic rings. The monoisotopic (exact) mass is 331 g/mol. The maximum Gasteiger partial charge on any atom is 0.261 e. The molecule has 2 unspecified atom stereocenters. The molecule has 0 radical (unpaired) electrons. The Morgan fingerprint density at radius 2 is 2.22 bits per heavy atom. The van der Waals surface area contributed by atoms with Crippen LogP contribution in [0, 0.1) is 12.7 Å². The summed E-state index contributed by atoms with van der Waals surface area (Å²) < 4.78 is 48.4. The lowest BCUT2D eigenvalue weighted by Gasteiger charge is -2.32. The van der Waals surface area contributed by atoms with Crippen LogP contribution in [0.4, 0.5) is 18.9 Å². The molecule has 2 rings (SSSR count). The van der Waals surface area contributed by atoms with Gasteiger partial charge >= 0.3 is 0 Å². The Labute approximate surface area is 133 Å². The Kier molecular flexibility index (Phi) is 6.01. The number of carbonyl (C=O) groups excluding carboxylic acids is 1. The quantitative estimate of drug-likeness (QED) is 0.804. The van der Waals surface area contributed by atoms with E-state index in [1.165, 1.54) is 17.0 Å². The van der Waals surface area contributed by atoms with Crippen molar-refractivity contribution in [1.29, 1.82) is 0 Å². The summed E-state index contributed by atoms with van der Waals surface area (Å²) in [5, 5.41) is 0. The van der Waals surface area contributed by atoms with Crippen molar-refractivity contribution in [3.63, 3.8) is 0 Å².